The van der Waals surface area contributed by atoms with Crippen molar-refractivity contribution >= 4 is 54.7 Å². The molecule has 0 aromatic carbocycles. The molecular weight excluding hydrogens is 354 g/mol. The fourth-order valence-corrected chi connectivity index (χ4v) is 4.53. The normalized spacial score (nSPS) is 14.9. The summed E-state index contributed by atoms with van der Waals surface area (Å²) in [5.74, 6) is -0.227. The number of nitrogens with one attached hydrogen (secondary N) is 1. The molecule has 0 bridgehead atoms. The minimum atomic E-state index is -3.73. The highest BCUT2D eigenvalue weighted by atomic mass is 79.9. The number of hydrogen-bond acceptors (Lipinski definition) is 5. The Morgan fingerprint density at radius 2 is 2.35 bits per heavy atom. The SMILES string of the molecule is CC(NS(=O)(=O)c1cc(Cl)c(Br)s1)C(N)=NO. The van der Waals surface area contributed by atoms with E-state index in [4.69, 9.17) is 22.5 Å². The van der Waals surface area contributed by atoms with Crippen LogP contribution in [-0.2, 0) is 10.0 Å². The van der Waals surface area contributed by atoms with Crippen molar-refractivity contribution in [2.24, 2.45) is 10.9 Å². The molecule has 1 aromatic heterocycles. The van der Waals surface area contributed by atoms with Crippen LogP contribution >= 0.6 is 38.9 Å². The van der Waals surface area contributed by atoms with Crippen molar-refractivity contribution in [2.75, 3.05) is 0 Å². The first-order valence-electron chi connectivity index (χ1n) is 4.22. The van der Waals surface area contributed by atoms with Crippen LogP contribution in [0.3, 0.4) is 0 Å². The monoisotopic (exact) mass is 361 g/mol. The molecule has 96 valence electrons. The minimum absolute atomic E-state index is 0.0481. The van der Waals surface area contributed by atoms with Gasteiger partial charge in [-0.25, -0.2) is 8.42 Å². The van der Waals surface area contributed by atoms with E-state index < -0.39 is 16.1 Å². The Kier molecular flexibility index (Phi) is 4.78. The van der Waals surface area contributed by atoms with Crippen LogP contribution in [0.5, 0.6) is 0 Å². The number of nitrogens with two attached hydrogens (primary N) is 1. The zero-order valence-electron chi connectivity index (χ0n) is 8.52. The van der Waals surface area contributed by atoms with E-state index in [-0.39, 0.29) is 10.0 Å². The number of sulfonamides is 1. The van der Waals surface area contributed by atoms with E-state index in [9.17, 15) is 8.42 Å². The molecule has 1 rings (SSSR count). The molecule has 0 spiro atoms. The Morgan fingerprint density at radius 3 is 2.76 bits per heavy atom. The Balaban J connectivity index is 2.97. The Hall–Kier alpha value is -0.350. The molecule has 0 aliphatic heterocycles. The summed E-state index contributed by atoms with van der Waals surface area (Å²) in [5, 5.41) is 11.5. The molecule has 1 atom stereocenters. The van der Waals surface area contributed by atoms with Crippen molar-refractivity contribution in [1.82, 2.24) is 4.72 Å². The summed E-state index contributed by atoms with van der Waals surface area (Å²) in [6.45, 7) is 1.46. The van der Waals surface area contributed by atoms with E-state index in [1.165, 1.54) is 13.0 Å². The van der Waals surface area contributed by atoms with Crippen LogP contribution in [0.1, 0.15) is 6.92 Å². The zero-order chi connectivity index (χ0) is 13.2. The predicted octanol–water partition coefficient (Wildman–Crippen LogP) is 1.58. The third-order valence-electron chi connectivity index (χ3n) is 1.78. The van der Waals surface area contributed by atoms with E-state index in [0.29, 0.717) is 8.81 Å². The minimum Gasteiger partial charge on any atom is -0.409 e. The van der Waals surface area contributed by atoms with Crippen LogP contribution in [-0.4, -0.2) is 25.5 Å². The van der Waals surface area contributed by atoms with Gasteiger partial charge in [-0.05, 0) is 28.9 Å². The first-order valence-corrected chi connectivity index (χ1v) is 7.69. The van der Waals surface area contributed by atoms with Gasteiger partial charge in [0.25, 0.3) is 10.0 Å². The van der Waals surface area contributed by atoms with Crippen molar-refractivity contribution in [3.8, 4) is 0 Å². The molecule has 1 unspecified atom stereocenters. The summed E-state index contributed by atoms with van der Waals surface area (Å²) in [6.07, 6.45) is 0. The highest BCUT2D eigenvalue weighted by molar-refractivity contribution is 9.11. The average Bonchev–Trinajstić information content (AvgIpc) is 2.58. The van der Waals surface area contributed by atoms with E-state index >= 15 is 0 Å². The maximum absolute atomic E-state index is 11.9. The molecule has 10 heteroatoms. The first kappa shape index (κ1) is 14.7. The maximum atomic E-state index is 11.9. The standard InChI is InChI=1S/C7H9BrClN3O3S2/c1-3(7(10)11-13)12-17(14,15)5-2-4(9)6(8)16-5/h2-3,12-13H,1H3,(H2,10,11). The summed E-state index contributed by atoms with van der Waals surface area (Å²) in [6, 6.07) is 0.502. The van der Waals surface area contributed by atoms with E-state index in [1.807, 2.05) is 0 Å². The molecule has 0 radical (unpaired) electrons. The molecule has 0 aliphatic carbocycles. The van der Waals surface area contributed by atoms with Crippen LogP contribution < -0.4 is 10.5 Å². The lowest BCUT2D eigenvalue weighted by Gasteiger charge is -2.11. The molecule has 0 amide bonds. The van der Waals surface area contributed by atoms with Gasteiger partial charge in [-0.15, -0.1) is 11.3 Å². The quantitative estimate of drug-likeness (QED) is 0.327. The van der Waals surface area contributed by atoms with Crippen LogP contribution in [0.15, 0.2) is 19.2 Å². The van der Waals surface area contributed by atoms with Crippen LogP contribution in [0, 0.1) is 0 Å². The van der Waals surface area contributed by atoms with Gasteiger partial charge >= 0.3 is 0 Å². The van der Waals surface area contributed by atoms with Crippen molar-refractivity contribution in [1.29, 1.82) is 0 Å². The first-order chi connectivity index (χ1) is 7.77. The van der Waals surface area contributed by atoms with Gasteiger partial charge in [0.1, 0.15) is 4.21 Å². The summed E-state index contributed by atoms with van der Waals surface area (Å²) in [7, 11) is -3.73. The molecule has 0 fully saturated rings. The Labute approximate surface area is 116 Å². The summed E-state index contributed by atoms with van der Waals surface area (Å²) in [5.41, 5.74) is 5.28. The van der Waals surface area contributed by atoms with Crippen molar-refractivity contribution in [3.63, 3.8) is 0 Å². The van der Waals surface area contributed by atoms with Gasteiger partial charge in [0, 0.05) is 0 Å². The fraction of sp³-hybridized carbons (Fsp3) is 0.286. The van der Waals surface area contributed by atoms with Gasteiger partial charge in [0.2, 0.25) is 0 Å². The van der Waals surface area contributed by atoms with Gasteiger partial charge in [-0.3, -0.25) is 0 Å². The summed E-state index contributed by atoms with van der Waals surface area (Å²) in [4.78, 5) is 0. The van der Waals surface area contributed by atoms with Crippen LogP contribution in [0.4, 0.5) is 0 Å². The number of thiophene rings is 1. The second-order valence-electron chi connectivity index (χ2n) is 3.05. The van der Waals surface area contributed by atoms with Gasteiger partial charge in [-0.1, -0.05) is 16.8 Å². The topological polar surface area (TPSA) is 105 Å². The van der Waals surface area contributed by atoms with Crippen molar-refractivity contribution in [2.45, 2.75) is 17.2 Å². The largest absolute Gasteiger partial charge is 0.409 e. The summed E-state index contributed by atoms with van der Waals surface area (Å²) >= 11 is 9.84. The molecule has 4 N–H and O–H groups in total. The lowest BCUT2D eigenvalue weighted by Crippen LogP contribution is -2.42. The van der Waals surface area contributed by atoms with E-state index in [0.717, 1.165) is 11.3 Å². The predicted molar refractivity (Wildman–Crippen MR) is 70.2 cm³/mol. The molecule has 1 heterocycles. The lowest BCUT2D eigenvalue weighted by molar-refractivity contribution is 0.316. The number of oxime groups is 1. The number of rotatable bonds is 4. The van der Waals surface area contributed by atoms with Gasteiger partial charge < -0.3 is 10.9 Å². The maximum Gasteiger partial charge on any atom is 0.250 e. The molecule has 6 nitrogen and oxygen atoms in total. The molecule has 17 heavy (non-hydrogen) atoms. The van der Waals surface area contributed by atoms with Crippen molar-refractivity contribution < 1.29 is 13.6 Å². The zero-order valence-corrected chi connectivity index (χ0v) is 12.5. The van der Waals surface area contributed by atoms with Gasteiger partial charge in [-0.2, -0.15) is 4.72 Å². The fourth-order valence-electron chi connectivity index (χ4n) is 0.897. The Bertz CT molecular complexity index is 523. The molecule has 1 aromatic rings. The third-order valence-corrected chi connectivity index (χ3v) is 6.27. The van der Waals surface area contributed by atoms with Gasteiger partial charge in [0.05, 0.1) is 14.9 Å². The second-order valence-corrected chi connectivity index (χ2v) is 7.77. The summed E-state index contributed by atoms with van der Waals surface area (Å²) < 4.78 is 26.5. The third kappa shape index (κ3) is 3.55. The molecular formula is C7H9BrClN3O3S2. The Morgan fingerprint density at radius 1 is 1.76 bits per heavy atom. The number of nitrogens with zero attached hydrogens (tertiary/aromatic N) is 1. The average molecular weight is 363 g/mol. The lowest BCUT2D eigenvalue weighted by atomic mass is 10.3. The number of amidine groups is 1. The van der Waals surface area contributed by atoms with Gasteiger partial charge in [0.15, 0.2) is 5.84 Å². The molecule has 0 aliphatic rings. The van der Waals surface area contributed by atoms with E-state index in [1.54, 1.807) is 0 Å². The van der Waals surface area contributed by atoms with Crippen LogP contribution in [0.2, 0.25) is 5.02 Å². The smallest absolute Gasteiger partial charge is 0.250 e. The highest BCUT2D eigenvalue weighted by Crippen LogP contribution is 2.34. The second kappa shape index (κ2) is 5.53. The molecule has 0 saturated carbocycles. The number of hydrogen-bond donors (Lipinski definition) is 3. The highest BCUT2D eigenvalue weighted by Gasteiger charge is 2.22. The van der Waals surface area contributed by atoms with Crippen molar-refractivity contribution in [3.05, 3.63) is 14.9 Å². The van der Waals surface area contributed by atoms with E-state index in [2.05, 4.69) is 25.8 Å². The molecule has 0 saturated heterocycles. The number of halogens is 2. The van der Waals surface area contributed by atoms with Crippen LogP contribution in [0.25, 0.3) is 0 Å².